The summed E-state index contributed by atoms with van der Waals surface area (Å²) >= 11 is 5.86. The van der Waals surface area contributed by atoms with Crippen LogP contribution < -0.4 is 0 Å². The van der Waals surface area contributed by atoms with Crippen molar-refractivity contribution in [2.75, 3.05) is 0 Å². The minimum atomic E-state index is 0. The highest BCUT2D eigenvalue weighted by molar-refractivity contribution is 6.31. The van der Waals surface area contributed by atoms with Crippen molar-refractivity contribution in [2.24, 2.45) is 0 Å². The molecule has 0 aliphatic carbocycles. The second-order valence-corrected chi connectivity index (χ2v) is 3.43. The number of fused-ring (bicyclic) bond motifs is 1. The second-order valence-electron chi connectivity index (χ2n) is 2.99. The number of hydrogen-bond acceptors (Lipinski definition) is 0. The zero-order chi connectivity index (χ0) is 8.55. The van der Waals surface area contributed by atoms with Crippen LogP contribution in [-0.2, 0) is 0 Å². The molecule has 68 valence electrons. The van der Waals surface area contributed by atoms with Gasteiger partial charge in [-0.3, -0.25) is 0 Å². The van der Waals surface area contributed by atoms with Crippen LogP contribution in [0.2, 0.25) is 5.02 Å². The van der Waals surface area contributed by atoms with Crippen LogP contribution in [0.1, 0.15) is 13.0 Å². The quantitative estimate of drug-likeness (QED) is 0.579. The Bertz CT molecular complexity index is 377. The first-order chi connectivity index (χ1) is 5.75. The molecule has 0 atom stereocenters. The topological polar surface area (TPSA) is 0 Å². The smallest absolute Gasteiger partial charge is 0.0412 e. The SMILES string of the molecule is C.Cc1ccc2cc(Cl)ccc2c1. The predicted molar refractivity (Wildman–Crippen MR) is 60.4 cm³/mol. The van der Waals surface area contributed by atoms with Crippen molar-refractivity contribution in [3.8, 4) is 0 Å². The molecule has 0 saturated carbocycles. The third kappa shape index (κ3) is 2.02. The third-order valence-corrected chi connectivity index (χ3v) is 2.19. The van der Waals surface area contributed by atoms with Crippen LogP contribution in [0.15, 0.2) is 36.4 Å². The van der Waals surface area contributed by atoms with Gasteiger partial charge >= 0.3 is 0 Å². The first-order valence-electron chi connectivity index (χ1n) is 3.92. The van der Waals surface area contributed by atoms with E-state index in [0.29, 0.717) is 0 Å². The van der Waals surface area contributed by atoms with E-state index in [9.17, 15) is 0 Å². The van der Waals surface area contributed by atoms with E-state index in [2.05, 4.69) is 25.1 Å². The van der Waals surface area contributed by atoms with Crippen LogP contribution in [-0.4, -0.2) is 0 Å². The molecule has 0 saturated heterocycles. The van der Waals surface area contributed by atoms with Crippen LogP contribution in [0.5, 0.6) is 0 Å². The molecule has 0 aliphatic heterocycles. The Balaban J connectivity index is 0.000000845. The zero-order valence-corrected chi connectivity index (χ0v) is 7.60. The zero-order valence-electron chi connectivity index (χ0n) is 6.84. The molecule has 0 bridgehead atoms. The van der Waals surface area contributed by atoms with Crippen molar-refractivity contribution in [1.82, 2.24) is 0 Å². The standard InChI is InChI=1S/C11H9Cl.CH4/c1-8-2-3-10-7-11(12)5-4-9(10)6-8;/h2-7H,1H3;1H4. The van der Waals surface area contributed by atoms with Crippen molar-refractivity contribution in [3.05, 3.63) is 47.0 Å². The summed E-state index contributed by atoms with van der Waals surface area (Å²) in [6.45, 7) is 2.09. The van der Waals surface area contributed by atoms with Gasteiger partial charge in [-0.2, -0.15) is 0 Å². The average Bonchev–Trinajstić information content (AvgIpc) is 2.05. The van der Waals surface area contributed by atoms with Crippen LogP contribution in [0.3, 0.4) is 0 Å². The van der Waals surface area contributed by atoms with E-state index in [1.165, 1.54) is 16.3 Å². The molecular formula is C12H13Cl. The third-order valence-electron chi connectivity index (χ3n) is 1.96. The van der Waals surface area contributed by atoms with E-state index in [-0.39, 0.29) is 7.43 Å². The maximum atomic E-state index is 5.86. The van der Waals surface area contributed by atoms with Crippen LogP contribution >= 0.6 is 11.6 Å². The number of hydrogen-bond donors (Lipinski definition) is 0. The van der Waals surface area contributed by atoms with Crippen molar-refractivity contribution >= 4 is 22.4 Å². The van der Waals surface area contributed by atoms with Crippen molar-refractivity contribution in [1.29, 1.82) is 0 Å². The second kappa shape index (κ2) is 3.80. The lowest BCUT2D eigenvalue weighted by molar-refractivity contribution is 1.51. The van der Waals surface area contributed by atoms with Gasteiger partial charge in [0.1, 0.15) is 0 Å². The molecule has 0 aromatic heterocycles. The van der Waals surface area contributed by atoms with E-state index in [0.717, 1.165) is 5.02 Å². The van der Waals surface area contributed by atoms with Gasteiger partial charge in [0.2, 0.25) is 0 Å². The average molecular weight is 193 g/mol. The highest BCUT2D eigenvalue weighted by Gasteiger charge is 1.93. The minimum Gasteiger partial charge on any atom is -0.0843 e. The first kappa shape index (κ1) is 10.1. The fourth-order valence-corrected chi connectivity index (χ4v) is 1.52. The van der Waals surface area contributed by atoms with Gasteiger partial charge in [-0.05, 0) is 29.8 Å². The molecule has 0 heterocycles. The molecular weight excluding hydrogens is 180 g/mol. The fraction of sp³-hybridized carbons (Fsp3) is 0.167. The molecule has 2 aromatic carbocycles. The van der Waals surface area contributed by atoms with E-state index in [1.54, 1.807) is 0 Å². The van der Waals surface area contributed by atoms with Gasteiger partial charge in [0.15, 0.2) is 0 Å². The number of rotatable bonds is 0. The number of aryl methyl sites for hydroxylation is 1. The lowest BCUT2D eigenvalue weighted by atomic mass is 10.1. The maximum absolute atomic E-state index is 5.86. The van der Waals surface area contributed by atoms with Gasteiger partial charge < -0.3 is 0 Å². The molecule has 0 amide bonds. The highest BCUT2D eigenvalue weighted by Crippen LogP contribution is 2.19. The Labute approximate surface area is 84.2 Å². The Morgan fingerprint density at radius 1 is 0.923 bits per heavy atom. The lowest BCUT2D eigenvalue weighted by Crippen LogP contribution is -1.74. The Morgan fingerprint density at radius 2 is 1.54 bits per heavy atom. The van der Waals surface area contributed by atoms with E-state index < -0.39 is 0 Å². The van der Waals surface area contributed by atoms with Gasteiger partial charge in [-0.1, -0.05) is 48.9 Å². The van der Waals surface area contributed by atoms with Gasteiger partial charge in [0.05, 0.1) is 0 Å². The largest absolute Gasteiger partial charge is 0.0843 e. The molecule has 0 nitrogen and oxygen atoms in total. The van der Waals surface area contributed by atoms with Gasteiger partial charge in [-0.15, -0.1) is 0 Å². The monoisotopic (exact) mass is 192 g/mol. The number of halogens is 1. The van der Waals surface area contributed by atoms with Crippen molar-refractivity contribution < 1.29 is 0 Å². The molecule has 2 aromatic rings. The Morgan fingerprint density at radius 3 is 2.31 bits per heavy atom. The normalized spacial score (nSPS) is 9.69. The fourth-order valence-electron chi connectivity index (χ4n) is 1.34. The van der Waals surface area contributed by atoms with Crippen LogP contribution in [0, 0.1) is 6.92 Å². The van der Waals surface area contributed by atoms with Gasteiger partial charge in [-0.25, -0.2) is 0 Å². The lowest BCUT2D eigenvalue weighted by Gasteiger charge is -1.98. The molecule has 0 radical (unpaired) electrons. The summed E-state index contributed by atoms with van der Waals surface area (Å²) in [6.07, 6.45) is 0. The summed E-state index contributed by atoms with van der Waals surface area (Å²) in [5.41, 5.74) is 1.28. The minimum absolute atomic E-state index is 0. The van der Waals surface area contributed by atoms with Crippen molar-refractivity contribution in [3.63, 3.8) is 0 Å². The van der Waals surface area contributed by atoms with Crippen LogP contribution in [0.4, 0.5) is 0 Å². The molecule has 2 rings (SSSR count). The molecule has 0 fully saturated rings. The highest BCUT2D eigenvalue weighted by atomic mass is 35.5. The molecule has 0 unspecified atom stereocenters. The summed E-state index contributed by atoms with van der Waals surface area (Å²) in [6, 6.07) is 12.3. The summed E-state index contributed by atoms with van der Waals surface area (Å²) in [7, 11) is 0. The van der Waals surface area contributed by atoms with E-state index in [1.807, 2.05) is 18.2 Å². The predicted octanol–water partition coefficient (Wildman–Crippen LogP) is 4.44. The van der Waals surface area contributed by atoms with Gasteiger partial charge in [0, 0.05) is 5.02 Å². The summed E-state index contributed by atoms with van der Waals surface area (Å²) in [4.78, 5) is 0. The summed E-state index contributed by atoms with van der Waals surface area (Å²) in [5.74, 6) is 0. The van der Waals surface area contributed by atoms with Crippen molar-refractivity contribution in [2.45, 2.75) is 14.4 Å². The molecule has 0 spiro atoms. The van der Waals surface area contributed by atoms with E-state index in [4.69, 9.17) is 11.6 Å². The molecule has 0 N–H and O–H groups in total. The number of benzene rings is 2. The molecule has 0 aliphatic rings. The maximum Gasteiger partial charge on any atom is 0.0412 e. The Kier molecular flexibility index (Phi) is 2.94. The first-order valence-corrected chi connectivity index (χ1v) is 4.29. The summed E-state index contributed by atoms with van der Waals surface area (Å²) < 4.78 is 0. The van der Waals surface area contributed by atoms with Gasteiger partial charge in [0.25, 0.3) is 0 Å². The van der Waals surface area contributed by atoms with Crippen LogP contribution in [0.25, 0.3) is 10.8 Å². The molecule has 13 heavy (non-hydrogen) atoms. The Hall–Kier alpha value is -1.01. The molecule has 1 heteroatoms. The van der Waals surface area contributed by atoms with E-state index >= 15 is 0 Å². The summed E-state index contributed by atoms with van der Waals surface area (Å²) in [5, 5.41) is 3.25.